The molecule has 5 heteroatoms. The fraction of sp³-hybridized carbons (Fsp3) is 0.417. The van der Waals surface area contributed by atoms with Gasteiger partial charge in [-0.1, -0.05) is 18.2 Å². The van der Waals surface area contributed by atoms with Crippen LogP contribution in [0.2, 0.25) is 0 Å². The van der Waals surface area contributed by atoms with E-state index < -0.39 is 0 Å². The van der Waals surface area contributed by atoms with Gasteiger partial charge in [0.2, 0.25) is 0 Å². The Morgan fingerprint density at radius 2 is 2.29 bits per heavy atom. The third kappa shape index (κ3) is 3.42. The number of halogens is 1. The molecule has 1 aliphatic rings. The molecular formula is C12H16FN3O. The van der Waals surface area contributed by atoms with Crippen molar-refractivity contribution in [3.05, 3.63) is 35.6 Å². The number of carbonyl (C=O) groups excluding carboxylic acids is 1. The SMILES string of the molecule is O=C(NCc1ccccc1F)NC1CCNC1. The Hall–Kier alpha value is -1.62. The predicted octanol–water partition coefficient (Wildman–Crippen LogP) is 0.987. The Kier molecular flexibility index (Phi) is 3.93. The lowest BCUT2D eigenvalue weighted by molar-refractivity contribution is 0.237. The van der Waals surface area contributed by atoms with Crippen LogP contribution in [-0.2, 0) is 6.54 Å². The van der Waals surface area contributed by atoms with Gasteiger partial charge in [-0.25, -0.2) is 9.18 Å². The van der Waals surface area contributed by atoms with E-state index in [1.807, 2.05) is 0 Å². The molecule has 1 aromatic rings. The number of amides is 2. The molecule has 3 N–H and O–H groups in total. The largest absolute Gasteiger partial charge is 0.334 e. The Balaban J connectivity index is 1.77. The standard InChI is InChI=1S/C12H16FN3O/c13-11-4-2-1-3-9(11)7-15-12(17)16-10-5-6-14-8-10/h1-4,10,14H,5-8H2,(H2,15,16,17). The Bertz CT molecular complexity index is 391. The molecule has 0 aliphatic carbocycles. The van der Waals surface area contributed by atoms with Gasteiger partial charge in [-0.05, 0) is 19.0 Å². The minimum Gasteiger partial charge on any atom is -0.334 e. The molecule has 1 heterocycles. The number of benzene rings is 1. The lowest BCUT2D eigenvalue weighted by Gasteiger charge is -2.12. The summed E-state index contributed by atoms with van der Waals surface area (Å²) in [5.41, 5.74) is 0.493. The van der Waals surface area contributed by atoms with Gasteiger partial charge < -0.3 is 16.0 Å². The van der Waals surface area contributed by atoms with Crippen molar-refractivity contribution in [2.45, 2.75) is 19.0 Å². The molecule has 0 spiro atoms. The first-order chi connectivity index (χ1) is 8.25. The third-order valence-electron chi connectivity index (χ3n) is 2.79. The van der Waals surface area contributed by atoms with Crippen LogP contribution in [0.5, 0.6) is 0 Å². The summed E-state index contributed by atoms with van der Waals surface area (Å²) in [6.45, 7) is 1.93. The Morgan fingerprint density at radius 3 is 3.00 bits per heavy atom. The van der Waals surface area contributed by atoms with Crippen LogP contribution >= 0.6 is 0 Å². The van der Waals surface area contributed by atoms with Crippen molar-refractivity contribution in [2.24, 2.45) is 0 Å². The number of urea groups is 1. The lowest BCUT2D eigenvalue weighted by atomic mass is 10.2. The van der Waals surface area contributed by atoms with Gasteiger partial charge in [0.05, 0.1) is 0 Å². The zero-order valence-corrected chi connectivity index (χ0v) is 9.50. The van der Waals surface area contributed by atoms with Crippen LogP contribution in [0, 0.1) is 5.82 Å². The van der Waals surface area contributed by atoms with Crippen molar-refractivity contribution >= 4 is 6.03 Å². The van der Waals surface area contributed by atoms with Gasteiger partial charge >= 0.3 is 6.03 Å². The molecule has 1 aliphatic heterocycles. The Morgan fingerprint density at radius 1 is 1.47 bits per heavy atom. The minimum atomic E-state index is -0.296. The van der Waals surface area contributed by atoms with Crippen LogP contribution in [0.25, 0.3) is 0 Å². The van der Waals surface area contributed by atoms with E-state index in [1.165, 1.54) is 6.07 Å². The number of rotatable bonds is 3. The van der Waals surface area contributed by atoms with Crippen molar-refractivity contribution in [3.63, 3.8) is 0 Å². The molecular weight excluding hydrogens is 221 g/mol. The van der Waals surface area contributed by atoms with Crippen LogP contribution in [-0.4, -0.2) is 25.2 Å². The molecule has 0 bridgehead atoms. The quantitative estimate of drug-likeness (QED) is 0.734. The van der Waals surface area contributed by atoms with Gasteiger partial charge in [0.25, 0.3) is 0 Å². The van der Waals surface area contributed by atoms with Crippen molar-refractivity contribution in [2.75, 3.05) is 13.1 Å². The third-order valence-corrected chi connectivity index (χ3v) is 2.79. The summed E-state index contributed by atoms with van der Waals surface area (Å²) >= 11 is 0. The van der Waals surface area contributed by atoms with E-state index in [0.29, 0.717) is 5.56 Å². The van der Waals surface area contributed by atoms with Gasteiger partial charge in [0.15, 0.2) is 0 Å². The fourth-order valence-corrected chi connectivity index (χ4v) is 1.83. The van der Waals surface area contributed by atoms with Gasteiger partial charge in [-0.3, -0.25) is 0 Å². The highest BCUT2D eigenvalue weighted by atomic mass is 19.1. The topological polar surface area (TPSA) is 53.2 Å². The molecule has 92 valence electrons. The van der Waals surface area contributed by atoms with E-state index in [1.54, 1.807) is 18.2 Å². The van der Waals surface area contributed by atoms with Gasteiger partial charge in [0.1, 0.15) is 5.82 Å². The second-order valence-corrected chi connectivity index (χ2v) is 4.11. The second kappa shape index (κ2) is 5.63. The molecule has 4 nitrogen and oxygen atoms in total. The Labute approximate surface area is 99.6 Å². The number of hydrogen-bond donors (Lipinski definition) is 3. The zero-order valence-electron chi connectivity index (χ0n) is 9.50. The molecule has 1 fully saturated rings. The van der Waals surface area contributed by atoms with Crippen LogP contribution in [0.4, 0.5) is 9.18 Å². The van der Waals surface area contributed by atoms with E-state index in [2.05, 4.69) is 16.0 Å². The summed E-state index contributed by atoms with van der Waals surface area (Å²) in [6.07, 6.45) is 0.938. The molecule has 0 saturated carbocycles. The highest BCUT2D eigenvalue weighted by Gasteiger charge is 2.16. The van der Waals surface area contributed by atoms with E-state index in [9.17, 15) is 9.18 Å². The number of hydrogen-bond acceptors (Lipinski definition) is 2. The van der Waals surface area contributed by atoms with Crippen LogP contribution < -0.4 is 16.0 Å². The van der Waals surface area contributed by atoms with Crippen molar-refractivity contribution in [3.8, 4) is 0 Å². The lowest BCUT2D eigenvalue weighted by Crippen LogP contribution is -2.42. The smallest absolute Gasteiger partial charge is 0.315 e. The van der Waals surface area contributed by atoms with Crippen LogP contribution in [0.3, 0.4) is 0 Å². The molecule has 0 aromatic heterocycles. The van der Waals surface area contributed by atoms with E-state index in [4.69, 9.17) is 0 Å². The number of carbonyl (C=O) groups is 1. The average molecular weight is 237 g/mol. The van der Waals surface area contributed by atoms with Crippen molar-refractivity contribution in [1.82, 2.24) is 16.0 Å². The van der Waals surface area contributed by atoms with Gasteiger partial charge in [-0.15, -0.1) is 0 Å². The first-order valence-corrected chi connectivity index (χ1v) is 5.74. The van der Waals surface area contributed by atoms with Crippen LogP contribution in [0.1, 0.15) is 12.0 Å². The second-order valence-electron chi connectivity index (χ2n) is 4.11. The molecule has 2 amide bonds. The van der Waals surface area contributed by atoms with Crippen molar-refractivity contribution < 1.29 is 9.18 Å². The van der Waals surface area contributed by atoms with E-state index >= 15 is 0 Å². The summed E-state index contributed by atoms with van der Waals surface area (Å²) < 4.78 is 13.3. The monoisotopic (exact) mass is 237 g/mol. The first kappa shape index (κ1) is 11.9. The van der Waals surface area contributed by atoms with E-state index in [0.717, 1.165) is 19.5 Å². The zero-order chi connectivity index (χ0) is 12.1. The summed E-state index contributed by atoms with van der Waals surface area (Å²) in [5.74, 6) is -0.296. The predicted molar refractivity (Wildman–Crippen MR) is 63.0 cm³/mol. The molecule has 1 atom stereocenters. The summed E-state index contributed by atoms with van der Waals surface area (Å²) in [6, 6.07) is 6.35. The summed E-state index contributed by atoms with van der Waals surface area (Å²) in [5, 5.41) is 8.64. The molecule has 0 radical (unpaired) electrons. The van der Waals surface area contributed by atoms with E-state index in [-0.39, 0.29) is 24.4 Å². The highest BCUT2D eigenvalue weighted by Crippen LogP contribution is 2.05. The van der Waals surface area contributed by atoms with Crippen LogP contribution in [0.15, 0.2) is 24.3 Å². The van der Waals surface area contributed by atoms with Crippen molar-refractivity contribution in [1.29, 1.82) is 0 Å². The molecule has 2 rings (SSSR count). The minimum absolute atomic E-state index is 0.177. The molecule has 1 unspecified atom stereocenters. The van der Waals surface area contributed by atoms with Gasteiger partial charge in [0, 0.05) is 24.7 Å². The molecule has 17 heavy (non-hydrogen) atoms. The normalized spacial score (nSPS) is 19.0. The molecule has 1 saturated heterocycles. The summed E-state index contributed by atoms with van der Waals surface area (Å²) in [7, 11) is 0. The first-order valence-electron chi connectivity index (χ1n) is 5.74. The fourth-order valence-electron chi connectivity index (χ4n) is 1.83. The maximum atomic E-state index is 13.3. The maximum absolute atomic E-state index is 13.3. The number of nitrogens with one attached hydrogen (secondary N) is 3. The van der Waals surface area contributed by atoms with Gasteiger partial charge in [-0.2, -0.15) is 0 Å². The molecule has 1 aromatic carbocycles. The maximum Gasteiger partial charge on any atom is 0.315 e. The average Bonchev–Trinajstić information content (AvgIpc) is 2.81. The highest BCUT2D eigenvalue weighted by molar-refractivity contribution is 5.74. The summed E-state index contributed by atoms with van der Waals surface area (Å²) in [4.78, 5) is 11.5.